The zero-order valence-corrected chi connectivity index (χ0v) is 11.1. The minimum atomic E-state index is -0.122. The van der Waals surface area contributed by atoms with Gasteiger partial charge in [-0.25, -0.2) is 9.97 Å². The molecule has 0 radical (unpaired) electrons. The van der Waals surface area contributed by atoms with E-state index in [9.17, 15) is 4.79 Å². The summed E-state index contributed by atoms with van der Waals surface area (Å²) in [5, 5.41) is 4.64. The fourth-order valence-corrected chi connectivity index (χ4v) is 2.09. The maximum absolute atomic E-state index is 11.8. The van der Waals surface area contributed by atoms with Gasteiger partial charge in [-0.3, -0.25) is 9.78 Å². The Balaban J connectivity index is 2.07. The Hall–Kier alpha value is -1.82. The van der Waals surface area contributed by atoms with Gasteiger partial charge in [-0.1, -0.05) is 13.8 Å². The third-order valence-electron chi connectivity index (χ3n) is 2.36. The summed E-state index contributed by atoms with van der Waals surface area (Å²) >= 11 is 1.48. The van der Waals surface area contributed by atoms with Crippen molar-refractivity contribution in [1.29, 1.82) is 0 Å². The van der Waals surface area contributed by atoms with Gasteiger partial charge >= 0.3 is 0 Å². The molecule has 0 bridgehead atoms. The number of amides is 1. The van der Waals surface area contributed by atoms with Crippen LogP contribution in [-0.2, 0) is 11.2 Å². The molecule has 0 aliphatic rings. The van der Waals surface area contributed by atoms with Crippen molar-refractivity contribution in [2.45, 2.75) is 26.2 Å². The van der Waals surface area contributed by atoms with E-state index in [0.29, 0.717) is 5.82 Å². The molecule has 2 heterocycles. The number of carbonyl (C=O) groups excluding carboxylic acids is 1. The molecule has 2 rings (SSSR count). The summed E-state index contributed by atoms with van der Waals surface area (Å²) in [6.07, 6.45) is 3.47. The number of nitrogens with zero attached hydrogens (tertiary/aromatic N) is 3. The topological polar surface area (TPSA) is 67.8 Å². The highest BCUT2D eigenvalue weighted by Crippen LogP contribution is 2.18. The van der Waals surface area contributed by atoms with Crippen LogP contribution in [0.1, 0.15) is 31.2 Å². The molecule has 2 aromatic rings. The van der Waals surface area contributed by atoms with E-state index in [-0.39, 0.29) is 18.2 Å². The second kappa shape index (κ2) is 5.68. The van der Waals surface area contributed by atoms with E-state index in [1.54, 1.807) is 17.9 Å². The average Bonchev–Trinajstić information content (AvgIpc) is 2.82. The minimum Gasteiger partial charge on any atom is -0.309 e. The van der Waals surface area contributed by atoms with Crippen LogP contribution >= 0.6 is 11.3 Å². The largest absolute Gasteiger partial charge is 0.309 e. The van der Waals surface area contributed by atoms with Crippen molar-refractivity contribution in [1.82, 2.24) is 15.0 Å². The van der Waals surface area contributed by atoms with E-state index < -0.39 is 0 Å². The molecule has 18 heavy (non-hydrogen) atoms. The van der Waals surface area contributed by atoms with Gasteiger partial charge in [0.25, 0.3) is 0 Å². The van der Waals surface area contributed by atoms with Crippen molar-refractivity contribution in [3.63, 3.8) is 0 Å². The molecule has 1 amide bonds. The second-order valence-corrected chi connectivity index (χ2v) is 4.87. The van der Waals surface area contributed by atoms with E-state index in [2.05, 4.69) is 20.3 Å². The first kappa shape index (κ1) is 12.6. The van der Waals surface area contributed by atoms with E-state index >= 15 is 0 Å². The van der Waals surface area contributed by atoms with E-state index in [4.69, 9.17) is 0 Å². The maximum atomic E-state index is 11.8. The highest BCUT2D eigenvalue weighted by molar-refractivity contribution is 7.07. The normalized spacial score (nSPS) is 10.6. The maximum Gasteiger partial charge on any atom is 0.231 e. The van der Waals surface area contributed by atoms with Crippen molar-refractivity contribution in [3.05, 3.63) is 34.7 Å². The van der Waals surface area contributed by atoms with Gasteiger partial charge in [-0.15, -0.1) is 11.3 Å². The summed E-state index contributed by atoms with van der Waals surface area (Å²) in [7, 11) is 0. The van der Waals surface area contributed by atoms with Crippen LogP contribution in [0.5, 0.6) is 0 Å². The summed E-state index contributed by atoms with van der Waals surface area (Å²) < 4.78 is 0. The first-order valence-electron chi connectivity index (χ1n) is 5.64. The van der Waals surface area contributed by atoms with Crippen molar-refractivity contribution < 1.29 is 4.79 Å². The van der Waals surface area contributed by atoms with Crippen LogP contribution in [-0.4, -0.2) is 20.9 Å². The zero-order valence-electron chi connectivity index (χ0n) is 10.3. The van der Waals surface area contributed by atoms with Crippen molar-refractivity contribution >= 4 is 23.1 Å². The van der Waals surface area contributed by atoms with Crippen LogP contribution in [0, 0.1) is 0 Å². The van der Waals surface area contributed by atoms with Crippen LogP contribution < -0.4 is 5.32 Å². The molecule has 0 saturated carbocycles. The predicted octanol–water partition coefficient (Wildman–Crippen LogP) is 2.24. The van der Waals surface area contributed by atoms with E-state index in [0.717, 1.165) is 11.4 Å². The average molecular weight is 262 g/mol. The molecular formula is C12H14N4OS. The van der Waals surface area contributed by atoms with Gasteiger partial charge in [0.15, 0.2) is 5.82 Å². The Morgan fingerprint density at radius 1 is 1.33 bits per heavy atom. The van der Waals surface area contributed by atoms with Crippen LogP contribution in [0.4, 0.5) is 5.82 Å². The van der Waals surface area contributed by atoms with Crippen LogP contribution in [0.2, 0.25) is 0 Å². The van der Waals surface area contributed by atoms with Gasteiger partial charge in [0.05, 0.1) is 23.3 Å². The van der Waals surface area contributed by atoms with Crippen molar-refractivity contribution in [3.8, 4) is 0 Å². The fourth-order valence-electron chi connectivity index (χ4n) is 1.53. The molecule has 6 heteroatoms. The number of hydrogen-bond acceptors (Lipinski definition) is 5. The summed E-state index contributed by atoms with van der Waals surface area (Å²) in [5.74, 6) is 0.629. The lowest BCUT2D eigenvalue weighted by Crippen LogP contribution is -2.17. The Morgan fingerprint density at radius 2 is 2.11 bits per heavy atom. The lowest BCUT2D eigenvalue weighted by Gasteiger charge is -2.10. The zero-order chi connectivity index (χ0) is 13.0. The number of anilines is 1. The molecule has 5 nitrogen and oxygen atoms in total. The Morgan fingerprint density at radius 3 is 2.78 bits per heavy atom. The third kappa shape index (κ3) is 3.10. The van der Waals surface area contributed by atoms with Gasteiger partial charge < -0.3 is 5.32 Å². The lowest BCUT2D eigenvalue weighted by atomic mass is 10.1. The first-order chi connectivity index (χ1) is 8.66. The molecule has 94 valence electrons. The molecule has 2 aromatic heterocycles. The van der Waals surface area contributed by atoms with Crippen molar-refractivity contribution in [2.24, 2.45) is 0 Å². The molecule has 0 aliphatic heterocycles. The summed E-state index contributed by atoms with van der Waals surface area (Å²) in [4.78, 5) is 24.3. The first-order valence-corrected chi connectivity index (χ1v) is 6.59. The summed E-state index contributed by atoms with van der Waals surface area (Å²) in [5.41, 5.74) is 3.28. The molecule has 1 N–H and O–H groups in total. The number of carbonyl (C=O) groups is 1. The van der Waals surface area contributed by atoms with Crippen molar-refractivity contribution in [2.75, 3.05) is 5.32 Å². The summed E-state index contributed by atoms with van der Waals surface area (Å²) in [6.45, 7) is 4.03. The molecule has 0 fully saturated rings. The standard InChI is InChI=1S/C12H14N4OS/c1-8(2)11-12(14-4-3-13-11)16-10(17)5-9-6-18-7-15-9/h3-4,6-8H,5H2,1-2H3,(H,14,16,17). The number of aromatic nitrogens is 3. The highest BCUT2D eigenvalue weighted by Gasteiger charge is 2.12. The van der Waals surface area contributed by atoms with Crippen LogP contribution in [0.3, 0.4) is 0 Å². The van der Waals surface area contributed by atoms with Gasteiger partial charge in [-0.2, -0.15) is 0 Å². The number of hydrogen-bond donors (Lipinski definition) is 1. The minimum absolute atomic E-state index is 0.122. The van der Waals surface area contributed by atoms with E-state index in [1.807, 2.05) is 19.2 Å². The molecular weight excluding hydrogens is 248 g/mol. The molecule has 0 unspecified atom stereocenters. The van der Waals surface area contributed by atoms with Gasteiger partial charge in [0, 0.05) is 17.8 Å². The molecule has 0 aliphatic carbocycles. The molecule has 0 saturated heterocycles. The molecule has 0 atom stereocenters. The van der Waals surface area contributed by atoms with Crippen LogP contribution in [0.15, 0.2) is 23.3 Å². The van der Waals surface area contributed by atoms with E-state index in [1.165, 1.54) is 11.3 Å². The summed E-state index contributed by atoms with van der Waals surface area (Å²) in [6, 6.07) is 0. The van der Waals surface area contributed by atoms with Crippen LogP contribution in [0.25, 0.3) is 0 Å². The smallest absolute Gasteiger partial charge is 0.231 e. The lowest BCUT2D eigenvalue weighted by molar-refractivity contribution is -0.115. The van der Waals surface area contributed by atoms with Gasteiger partial charge in [-0.05, 0) is 5.92 Å². The third-order valence-corrected chi connectivity index (χ3v) is 2.99. The van der Waals surface area contributed by atoms with Gasteiger partial charge in [0.1, 0.15) is 0 Å². The number of rotatable bonds is 4. The molecule has 0 aromatic carbocycles. The Labute approximate surface area is 109 Å². The SMILES string of the molecule is CC(C)c1nccnc1NC(=O)Cc1cscn1. The quantitative estimate of drug-likeness (QED) is 0.917. The fraction of sp³-hybridized carbons (Fsp3) is 0.333. The predicted molar refractivity (Wildman–Crippen MR) is 70.6 cm³/mol. The second-order valence-electron chi connectivity index (χ2n) is 4.15. The Kier molecular flexibility index (Phi) is 3.99. The highest BCUT2D eigenvalue weighted by atomic mass is 32.1. The van der Waals surface area contributed by atoms with Gasteiger partial charge in [0.2, 0.25) is 5.91 Å². The molecule has 0 spiro atoms. The number of nitrogens with one attached hydrogen (secondary N) is 1. The number of thiazole rings is 1. The monoisotopic (exact) mass is 262 g/mol. The Bertz CT molecular complexity index is 525.